The van der Waals surface area contributed by atoms with Crippen LogP contribution in [0.1, 0.15) is 26.3 Å². The first-order valence-corrected chi connectivity index (χ1v) is 12.8. The molecule has 0 bridgehead atoms. The van der Waals surface area contributed by atoms with E-state index in [-0.39, 0.29) is 30.3 Å². The van der Waals surface area contributed by atoms with Gasteiger partial charge in [-0.3, -0.25) is 4.90 Å². The maximum Gasteiger partial charge on any atom is 0.412 e. The number of carbonyl (C=O) groups is 1. The van der Waals surface area contributed by atoms with Crippen LogP contribution in [0.15, 0.2) is 91.0 Å². The van der Waals surface area contributed by atoms with Gasteiger partial charge in [0.1, 0.15) is 12.8 Å². The molecule has 2 atom stereocenters. The van der Waals surface area contributed by atoms with Gasteiger partial charge in [0.25, 0.3) is 0 Å². The molecule has 0 N–H and O–H groups in total. The van der Waals surface area contributed by atoms with Crippen LogP contribution < -0.4 is 10.4 Å². The number of likely N-dealkylation sites (tertiary alicyclic amines) is 1. The molecule has 1 fully saturated rings. The molecule has 3 aromatic carbocycles. The Morgan fingerprint density at radius 3 is 1.88 bits per heavy atom. The second-order valence-electron chi connectivity index (χ2n) is 9.39. The van der Waals surface area contributed by atoms with Crippen molar-refractivity contribution in [2.75, 3.05) is 6.54 Å². The first-order valence-electron chi connectivity index (χ1n) is 11.2. The van der Waals surface area contributed by atoms with Crippen molar-refractivity contribution in [3.63, 3.8) is 0 Å². The molecule has 1 saturated heterocycles. The average Bonchev–Trinajstić information content (AvgIpc) is 2.78. The SMILES string of the molecule is CC(C)(C)C1CN(C(=O)OCc2ccccc2)C1O[SiH](c1ccccc1)c1ccccc1. The maximum atomic E-state index is 13.0. The van der Waals surface area contributed by atoms with E-state index in [1.54, 1.807) is 4.90 Å². The highest BCUT2D eigenvalue weighted by molar-refractivity contribution is 6.80. The molecule has 5 heteroatoms. The van der Waals surface area contributed by atoms with E-state index in [2.05, 4.69) is 69.3 Å². The molecule has 32 heavy (non-hydrogen) atoms. The predicted molar refractivity (Wildman–Crippen MR) is 130 cm³/mol. The van der Waals surface area contributed by atoms with Crippen molar-refractivity contribution in [1.29, 1.82) is 0 Å². The van der Waals surface area contributed by atoms with Crippen molar-refractivity contribution in [1.82, 2.24) is 4.90 Å². The third-order valence-electron chi connectivity index (χ3n) is 6.08. The Morgan fingerprint density at radius 1 is 0.875 bits per heavy atom. The van der Waals surface area contributed by atoms with Crippen LogP contribution in [0.3, 0.4) is 0 Å². The highest BCUT2D eigenvalue weighted by atomic mass is 28.3. The molecule has 166 valence electrons. The van der Waals surface area contributed by atoms with Crippen LogP contribution in [0.25, 0.3) is 0 Å². The van der Waals surface area contributed by atoms with E-state index in [9.17, 15) is 4.79 Å². The number of rotatable bonds is 6. The topological polar surface area (TPSA) is 38.8 Å². The Hall–Kier alpha value is -2.89. The molecule has 0 aromatic heterocycles. The number of benzene rings is 3. The summed E-state index contributed by atoms with van der Waals surface area (Å²) in [5, 5.41) is 2.41. The standard InChI is InChI=1S/C27H31NO3Si/c1-27(2,3)24-19-28(26(29)30-20-21-13-7-4-8-14-21)25(24)31-32(22-15-9-5-10-16-22)23-17-11-6-12-18-23/h4-18,24-25,32H,19-20H2,1-3H3. The van der Waals surface area contributed by atoms with Gasteiger partial charge in [-0.15, -0.1) is 0 Å². The quantitative estimate of drug-likeness (QED) is 0.534. The van der Waals surface area contributed by atoms with Crippen LogP contribution in [-0.2, 0) is 15.8 Å². The summed E-state index contributed by atoms with van der Waals surface area (Å²) in [5.41, 5.74) is 1.000. The summed E-state index contributed by atoms with van der Waals surface area (Å²) >= 11 is 0. The summed E-state index contributed by atoms with van der Waals surface area (Å²) < 4.78 is 12.5. The number of carbonyl (C=O) groups excluding carboxylic acids is 1. The number of hydrogen-bond acceptors (Lipinski definition) is 3. The molecule has 4 rings (SSSR count). The summed E-state index contributed by atoms with van der Waals surface area (Å²) in [4.78, 5) is 14.7. The lowest BCUT2D eigenvalue weighted by Gasteiger charge is -2.53. The van der Waals surface area contributed by atoms with E-state index in [1.165, 1.54) is 10.4 Å². The summed E-state index contributed by atoms with van der Waals surface area (Å²) in [6, 6.07) is 30.6. The molecule has 0 saturated carbocycles. The zero-order valence-electron chi connectivity index (χ0n) is 19.0. The third kappa shape index (κ3) is 5.11. The van der Waals surface area contributed by atoms with Gasteiger partial charge < -0.3 is 9.16 Å². The number of amides is 1. The summed E-state index contributed by atoms with van der Waals surface area (Å²) in [5.74, 6) is 0.245. The molecule has 0 spiro atoms. The minimum Gasteiger partial charge on any atom is -0.444 e. The van der Waals surface area contributed by atoms with Crippen molar-refractivity contribution in [3.05, 3.63) is 96.6 Å². The van der Waals surface area contributed by atoms with Crippen LogP contribution in [0, 0.1) is 11.3 Å². The zero-order valence-corrected chi connectivity index (χ0v) is 20.1. The lowest BCUT2D eigenvalue weighted by Crippen LogP contribution is -2.66. The third-order valence-corrected chi connectivity index (χ3v) is 8.61. The van der Waals surface area contributed by atoms with Crippen molar-refractivity contribution in [2.45, 2.75) is 33.6 Å². The number of nitrogens with zero attached hydrogens (tertiary/aromatic N) is 1. The smallest absolute Gasteiger partial charge is 0.412 e. The van der Waals surface area contributed by atoms with Crippen LogP contribution in [0.2, 0.25) is 0 Å². The van der Waals surface area contributed by atoms with Gasteiger partial charge in [0.15, 0.2) is 0 Å². The van der Waals surface area contributed by atoms with Crippen LogP contribution >= 0.6 is 0 Å². The van der Waals surface area contributed by atoms with Gasteiger partial charge in [-0.25, -0.2) is 4.79 Å². The lowest BCUT2D eigenvalue weighted by atomic mass is 9.74. The molecule has 0 radical (unpaired) electrons. The van der Waals surface area contributed by atoms with Gasteiger partial charge in [0.05, 0.1) is 0 Å². The summed E-state index contributed by atoms with van der Waals surface area (Å²) in [7, 11) is -1.99. The Morgan fingerprint density at radius 2 is 1.38 bits per heavy atom. The minimum absolute atomic E-state index is 0.0210. The van der Waals surface area contributed by atoms with Crippen LogP contribution in [0.5, 0.6) is 0 Å². The van der Waals surface area contributed by atoms with E-state index in [4.69, 9.17) is 9.16 Å². The highest BCUT2D eigenvalue weighted by Gasteiger charge is 2.50. The molecule has 3 aromatic rings. The predicted octanol–water partition coefficient (Wildman–Crippen LogP) is 4.18. The Kier molecular flexibility index (Phi) is 6.77. The average molecular weight is 446 g/mol. The maximum absolute atomic E-state index is 13.0. The fraction of sp³-hybridized carbons (Fsp3) is 0.296. The van der Waals surface area contributed by atoms with E-state index in [0.29, 0.717) is 6.54 Å². The zero-order chi connectivity index (χ0) is 22.6. The van der Waals surface area contributed by atoms with Crippen molar-refractivity contribution >= 4 is 25.5 Å². The fourth-order valence-corrected chi connectivity index (χ4v) is 6.54. The molecular formula is C27H31NO3Si. The van der Waals surface area contributed by atoms with E-state index in [1.807, 2.05) is 42.5 Å². The monoisotopic (exact) mass is 445 g/mol. The normalized spacial score (nSPS) is 18.3. The Labute approximate surface area is 192 Å². The Balaban J connectivity index is 1.55. The summed E-state index contributed by atoms with van der Waals surface area (Å²) in [6.45, 7) is 7.54. The van der Waals surface area contributed by atoms with Crippen LogP contribution in [-0.4, -0.2) is 32.8 Å². The van der Waals surface area contributed by atoms with Gasteiger partial charge in [-0.2, -0.15) is 0 Å². The fourth-order valence-electron chi connectivity index (χ4n) is 4.08. The van der Waals surface area contributed by atoms with E-state index >= 15 is 0 Å². The molecule has 1 aliphatic heterocycles. The number of hydrogen-bond donors (Lipinski definition) is 0. The van der Waals surface area contributed by atoms with Gasteiger partial charge in [-0.05, 0) is 21.4 Å². The van der Waals surface area contributed by atoms with Crippen molar-refractivity contribution in [3.8, 4) is 0 Å². The van der Waals surface area contributed by atoms with Gasteiger partial charge in [0.2, 0.25) is 9.04 Å². The highest BCUT2D eigenvalue weighted by Crippen LogP contribution is 2.40. The second kappa shape index (κ2) is 9.71. The first kappa shape index (κ1) is 22.3. The van der Waals surface area contributed by atoms with Crippen molar-refractivity contribution in [2.24, 2.45) is 11.3 Å². The van der Waals surface area contributed by atoms with Crippen molar-refractivity contribution < 1.29 is 14.0 Å². The molecule has 1 amide bonds. The summed E-state index contributed by atoms with van der Waals surface area (Å²) in [6.07, 6.45) is -0.608. The molecular weight excluding hydrogens is 414 g/mol. The van der Waals surface area contributed by atoms with Gasteiger partial charge in [-0.1, -0.05) is 112 Å². The molecule has 2 unspecified atom stereocenters. The lowest BCUT2D eigenvalue weighted by molar-refractivity contribution is -0.135. The molecule has 1 aliphatic rings. The molecule has 1 heterocycles. The minimum atomic E-state index is -1.99. The first-order chi connectivity index (χ1) is 15.4. The second-order valence-corrected chi connectivity index (χ2v) is 11.8. The van der Waals surface area contributed by atoms with Gasteiger partial charge in [0, 0.05) is 12.5 Å². The Bertz CT molecular complexity index is 966. The molecule has 4 nitrogen and oxygen atoms in total. The van der Waals surface area contributed by atoms with Crippen LogP contribution in [0.4, 0.5) is 4.79 Å². The van der Waals surface area contributed by atoms with Gasteiger partial charge >= 0.3 is 6.09 Å². The largest absolute Gasteiger partial charge is 0.444 e. The molecule has 0 aliphatic carbocycles. The number of ether oxygens (including phenoxy) is 1. The van der Waals surface area contributed by atoms with E-state index in [0.717, 1.165) is 5.56 Å². The van der Waals surface area contributed by atoms with E-state index < -0.39 is 9.04 Å².